The number of amides is 2. The Balaban J connectivity index is 0. The van der Waals surface area contributed by atoms with E-state index in [2.05, 4.69) is 58.8 Å². The molecule has 5 atom stereocenters. The van der Waals surface area contributed by atoms with Gasteiger partial charge in [-0.15, -0.1) is 6.58 Å². The minimum Gasteiger partial charge on any atom is -0.462 e. The van der Waals surface area contributed by atoms with Crippen molar-refractivity contribution in [1.82, 2.24) is 10.6 Å². The smallest absolute Gasteiger partial charge is 0.462 e. The number of phosphoric acid groups is 1. The molecule has 0 bridgehead atoms. The molecule has 0 fully saturated rings. The summed E-state index contributed by atoms with van der Waals surface area (Å²) in [5, 5.41) is 16.3. The SMILES string of the molecule is C=CCOP(=O)(OCCC)OC[C@@H](CC(CCCCCCCCCC)OC(=O)CCCCCCCCCCCCCC)NC(=O)CCCCCCCCCCCCC.CCCCCCCCCCCCCCC(=O)OC(CCCCCCCCCC)C[C@H](CO)NC(=O)CCCCCCCCCCCCC. The van der Waals surface area contributed by atoms with Crippen molar-refractivity contribution in [1.29, 1.82) is 0 Å². The van der Waals surface area contributed by atoms with E-state index in [0.29, 0.717) is 44.9 Å². The summed E-state index contributed by atoms with van der Waals surface area (Å²) in [5.41, 5.74) is 0. The van der Waals surface area contributed by atoms with Gasteiger partial charge in [0, 0.05) is 38.5 Å². The second kappa shape index (κ2) is 86.7. The Kier molecular flexibility index (Phi) is 86.5. The molecule has 0 aromatic carbocycles. The third kappa shape index (κ3) is 79.8. The summed E-state index contributed by atoms with van der Waals surface area (Å²) in [4.78, 5) is 52.0. The Hall–Kier alpha value is -2.31. The number of esters is 2. The van der Waals surface area contributed by atoms with Gasteiger partial charge in [0.25, 0.3) is 0 Å². The zero-order valence-electron chi connectivity index (χ0n) is 71.6. The third-order valence-electron chi connectivity index (χ3n) is 21.1. The van der Waals surface area contributed by atoms with E-state index in [9.17, 15) is 28.8 Å². The summed E-state index contributed by atoms with van der Waals surface area (Å²) in [6, 6.07) is -0.867. The number of hydrogen-bond donors (Lipinski definition) is 3. The number of aliphatic hydroxyl groups excluding tert-OH is 1. The second-order valence-corrected chi connectivity index (χ2v) is 33.6. The summed E-state index contributed by atoms with van der Waals surface area (Å²) >= 11 is 0. The van der Waals surface area contributed by atoms with Crippen LogP contribution >= 0.6 is 7.82 Å². The lowest BCUT2D eigenvalue weighted by Gasteiger charge is -2.26. The van der Waals surface area contributed by atoms with Gasteiger partial charge in [-0.2, -0.15) is 0 Å². The van der Waals surface area contributed by atoms with E-state index in [1.165, 1.54) is 314 Å². The molecule has 2 amide bonds. The highest BCUT2D eigenvalue weighted by atomic mass is 31.2. The van der Waals surface area contributed by atoms with Gasteiger partial charge in [-0.05, 0) is 57.8 Å². The standard InChI is InChI=1S/C49H96NO7P.C43H85NO4/c1-6-11-14-17-20-23-25-27-29-32-35-38-41-49(52)57-47(39-36-33-30-22-19-16-13-8-3)44-46(45-56-58(53,54-42-9-4)55-43-10-5)50-48(51)40-37-34-31-28-26-24-21-18-15-12-7-2;1-4-7-10-13-16-19-21-23-25-28-31-34-37-43(47)48-41(35-32-29-26-18-15-12-9-6-3)38-40(39-45)44-42(46)36-33-30-27-24-22-20-17-14-11-8-5-2/h9,46-47H,4,6-8,10-45H2,1-3,5H3,(H,50,51);40-41,45H,4-39H2,1-3H3,(H,44,46)/t46-,47?,58?;40-,41?/m11/s1. The van der Waals surface area contributed by atoms with Crippen LogP contribution in [0.25, 0.3) is 0 Å². The van der Waals surface area contributed by atoms with Crippen LogP contribution in [0.1, 0.15) is 504 Å². The van der Waals surface area contributed by atoms with Crippen LogP contribution in [0.15, 0.2) is 12.7 Å². The average Bonchev–Trinajstić information content (AvgIpc) is 0.885. The van der Waals surface area contributed by atoms with Gasteiger partial charge in [-0.1, -0.05) is 414 Å². The predicted octanol–water partition coefficient (Wildman–Crippen LogP) is 28.9. The number of unbranched alkanes of at least 4 members (excludes halogenated alkanes) is 56. The van der Waals surface area contributed by atoms with Crippen molar-refractivity contribution in [2.75, 3.05) is 26.4 Å². The van der Waals surface area contributed by atoms with Crippen LogP contribution in [-0.2, 0) is 46.8 Å². The monoisotopic (exact) mass is 1520 g/mol. The molecule has 0 aliphatic heterocycles. The lowest BCUT2D eigenvalue weighted by Crippen LogP contribution is -2.41. The van der Waals surface area contributed by atoms with Gasteiger partial charge in [0.15, 0.2) is 0 Å². The van der Waals surface area contributed by atoms with E-state index in [1.807, 2.05) is 6.92 Å². The van der Waals surface area contributed by atoms with E-state index >= 15 is 0 Å². The zero-order chi connectivity index (χ0) is 77.8. The number of carbonyl (C=O) groups excluding carboxylic acids is 4. The highest BCUT2D eigenvalue weighted by Crippen LogP contribution is 2.49. The normalized spacial score (nSPS) is 13.2. The Morgan fingerprint density at radius 2 is 0.566 bits per heavy atom. The molecule has 0 aromatic heterocycles. The maximum atomic E-state index is 13.5. The van der Waals surface area contributed by atoms with Crippen LogP contribution < -0.4 is 10.6 Å². The summed E-state index contributed by atoms with van der Waals surface area (Å²) in [7, 11) is -3.88. The van der Waals surface area contributed by atoms with Crippen LogP contribution in [0.3, 0.4) is 0 Å². The molecule has 0 aliphatic carbocycles. The van der Waals surface area contributed by atoms with Crippen LogP contribution in [0.5, 0.6) is 0 Å². The zero-order valence-corrected chi connectivity index (χ0v) is 72.5. The Bertz CT molecular complexity index is 1890. The van der Waals surface area contributed by atoms with E-state index in [-0.39, 0.29) is 68.4 Å². The number of nitrogens with one attached hydrogen (secondary N) is 2. The summed E-state index contributed by atoms with van der Waals surface area (Å²) in [6.07, 6.45) is 82.8. The first-order valence-electron chi connectivity index (χ1n) is 46.6. The Morgan fingerprint density at radius 1 is 0.321 bits per heavy atom. The lowest BCUT2D eigenvalue weighted by molar-refractivity contribution is -0.151. The number of hydrogen-bond acceptors (Lipinski definition) is 11. The Morgan fingerprint density at radius 3 is 0.830 bits per heavy atom. The maximum absolute atomic E-state index is 13.5. The molecule has 0 heterocycles. The van der Waals surface area contributed by atoms with E-state index in [1.54, 1.807) is 0 Å². The van der Waals surface area contributed by atoms with Gasteiger partial charge in [-0.25, -0.2) is 4.57 Å². The quantitative estimate of drug-likeness (QED) is 0.0229. The molecule has 0 spiro atoms. The third-order valence-corrected chi connectivity index (χ3v) is 22.6. The number of ether oxygens (including phenoxy) is 2. The van der Waals surface area contributed by atoms with Crippen molar-refractivity contribution in [3.63, 3.8) is 0 Å². The van der Waals surface area contributed by atoms with Crippen LogP contribution in [0.2, 0.25) is 0 Å². The maximum Gasteiger partial charge on any atom is 0.475 e. The largest absolute Gasteiger partial charge is 0.475 e. The van der Waals surface area contributed by atoms with Gasteiger partial charge in [-0.3, -0.25) is 32.7 Å². The second-order valence-electron chi connectivity index (χ2n) is 31.9. The van der Waals surface area contributed by atoms with Crippen molar-refractivity contribution in [2.45, 2.75) is 529 Å². The highest BCUT2D eigenvalue weighted by Gasteiger charge is 2.30. The molecule has 0 saturated carbocycles. The molecule has 0 aromatic rings. The minimum atomic E-state index is -3.88. The topological polar surface area (TPSA) is 176 Å². The van der Waals surface area contributed by atoms with Gasteiger partial charge in [0.1, 0.15) is 12.2 Å². The number of phosphoric ester groups is 1. The average molecular weight is 1520 g/mol. The molecular weight excluding hydrogens is 1340 g/mol. The molecule has 14 heteroatoms. The molecule has 3 N–H and O–H groups in total. The van der Waals surface area contributed by atoms with E-state index < -0.39 is 13.9 Å². The molecule has 630 valence electrons. The van der Waals surface area contributed by atoms with Gasteiger partial charge < -0.3 is 25.2 Å². The van der Waals surface area contributed by atoms with Crippen molar-refractivity contribution < 1.29 is 51.9 Å². The minimum absolute atomic E-state index is 0.0126. The highest BCUT2D eigenvalue weighted by molar-refractivity contribution is 7.48. The number of carbonyl (C=O) groups is 4. The molecular formula is C92H181N2O11P. The van der Waals surface area contributed by atoms with Crippen molar-refractivity contribution in [3.05, 3.63) is 12.7 Å². The summed E-state index contributed by atoms with van der Waals surface area (Å²) in [5.74, 6) is -0.335. The van der Waals surface area contributed by atoms with Crippen LogP contribution in [-0.4, -0.2) is 79.6 Å². The van der Waals surface area contributed by atoms with Crippen molar-refractivity contribution in [3.8, 4) is 0 Å². The first-order chi connectivity index (χ1) is 51.9. The summed E-state index contributed by atoms with van der Waals surface area (Å²) < 4.78 is 42.5. The molecule has 0 radical (unpaired) electrons. The van der Waals surface area contributed by atoms with Crippen molar-refractivity contribution >= 4 is 31.6 Å². The molecule has 0 aliphatic rings. The number of rotatable bonds is 86. The van der Waals surface area contributed by atoms with Crippen LogP contribution in [0.4, 0.5) is 0 Å². The van der Waals surface area contributed by atoms with Crippen LogP contribution in [0, 0.1) is 0 Å². The molecule has 3 unspecified atom stereocenters. The first-order valence-corrected chi connectivity index (χ1v) is 48.1. The fourth-order valence-corrected chi connectivity index (χ4v) is 15.6. The van der Waals surface area contributed by atoms with Crippen molar-refractivity contribution in [2.24, 2.45) is 0 Å². The molecule has 13 nitrogen and oxygen atoms in total. The first kappa shape index (κ1) is 106. The fourth-order valence-electron chi connectivity index (χ4n) is 14.3. The Labute approximate surface area is 658 Å². The predicted molar refractivity (Wildman–Crippen MR) is 454 cm³/mol. The fraction of sp³-hybridized carbons (Fsp3) is 0.935. The summed E-state index contributed by atoms with van der Waals surface area (Å²) in [6.45, 7) is 19.2. The molecule has 0 saturated heterocycles. The molecule has 106 heavy (non-hydrogen) atoms. The lowest BCUT2D eigenvalue weighted by atomic mass is 10.0. The van der Waals surface area contributed by atoms with E-state index in [4.69, 9.17) is 23.0 Å². The van der Waals surface area contributed by atoms with Gasteiger partial charge in [0.2, 0.25) is 11.8 Å². The van der Waals surface area contributed by atoms with Gasteiger partial charge >= 0.3 is 19.8 Å². The molecule has 0 rings (SSSR count). The van der Waals surface area contributed by atoms with E-state index in [0.717, 1.165) is 103 Å². The van der Waals surface area contributed by atoms with Gasteiger partial charge in [0.05, 0.1) is 38.5 Å². The number of aliphatic hydroxyl groups is 1.